The summed E-state index contributed by atoms with van der Waals surface area (Å²) in [5.41, 5.74) is 1.07. The number of hydrogen-bond acceptors (Lipinski definition) is 3. The van der Waals surface area contributed by atoms with Gasteiger partial charge in [-0.15, -0.1) is 0 Å². The lowest BCUT2D eigenvalue weighted by Gasteiger charge is -2.25. The number of likely N-dealkylation sites (tertiary alicyclic amines) is 1. The van der Waals surface area contributed by atoms with E-state index >= 15 is 0 Å². The predicted octanol–water partition coefficient (Wildman–Crippen LogP) is 1.53. The molecule has 2 atom stereocenters. The predicted molar refractivity (Wildman–Crippen MR) is 81.1 cm³/mol. The first-order valence-electron chi connectivity index (χ1n) is 6.89. The van der Waals surface area contributed by atoms with Gasteiger partial charge in [-0.2, -0.15) is 0 Å². The quantitative estimate of drug-likeness (QED) is 0.815. The Morgan fingerprint density at radius 3 is 2.86 bits per heavy atom. The smallest absolute Gasteiger partial charge is 0.254 e. The summed E-state index contributed by atoms with van der Waals surface area (Å²) in [6.07, 6.45) is 0.894. The van der Waals surface area contributed by atoms with Gasteiger partial charge in [0.1, 0.15) is 6.61 Å². The van der Waals surface area contributed by atoms with Gasteiger partial charge in [-0.25, -0.2) is 0 Å². The van der Waals surface area contributed by atoms with Crippen molar-refractivity contribution in [3.63, 3.8) is 0 Å². The van der Waals surface area contributed by atoms with Crippen LogP contribution in [0.2, 0.25) is 5.02 Å². The Hall–Kier alpha value is -1.54. The van der Waals surface area contributed by atoms with Gasteiger partial charge in [-0.3, -0.25) is 4.79 Å². The van der Waals surface area contributed by atoms with Gasteiger partial charge in [-0.05, 0) is 30.5 Å². The minimum atomic E-state index is -0.235. The number of rotatable bonds is 2. The molecule has 0 saturated carbocycles. The van der Waals surface area contributed by atoms with Crippen molar-refractivity contribution >= 4 is 17.5 Å². The molecule has 1 heterocycles. The van der Waals surface area contributed by atoms with Gasteiger partial charge in [-0.1, -0.05) is 30.4 Å². The highest BCUT2D eigenvalue weighted by atomic mass is 35.5. The summed E-state index contributed by atoms with van der Waals surface area (Å²) in [5, 5.41) is 18.5. The van der Waals surface area contributed by atoms with Crippen LogP contribution >= 0.6 is 11.6 Å². The topological polar surface area (TPSA) is 60.8 Å². The third-order valence-electron chi connectivity index (χ3n) is 3.85. The number of nitrogens with zero attached hydrogens (tertiary/aromatic N) is 1. The number of benzene rings is 1. The van der Waals surface area contributed by atoms with Crippen LogP contribution < -0.4 is 0 Å². The fourth-order valence-corrected chi connectivity index (χ4v) is 2.82. The van der Waals surface area contributed by atoms with Crippen molar-refractivity contribution in [2.75, 3.05) is 19.8 Å². The summed E-state index contributed by atoms with van der Waals surface area (Å²) < 4.78 is 0. The van der Waals surface area contributed by atoms with Crippen molar-refractivity contribution in [2.24, 2.45) is 5.92 Å². The van der Waals surface area contributed by atoms with Crippen LogP contribution in [0.15, 0.2) is 18.2 Å². The number of aliphatic hydroxyl groups excluding tert-OH is 2. The average molecular weight is 308 g/mol. The fraction of sp³-hybridized carbons (Fsp3) is 0.438. The SMILES string of the molecule is CC1CCN(C(=O)c2ccc(C#CCO)c(Cl)c2)C1CO. The van der Waals surface area contributed by atoms with E-state index in [4.69, 9.17) is 16.7 Å². The van der Waals surface area contributed by atoms with Crippen molar-refractivity contribution in [3.05, 3.63) is 34.3 Å². The molecule has 21 heavy (non-hydrogen) atoms. The zero-order valence-corrected chi connectivity index (χ0v) is 12.6. The van der Waals surface area contributed by atoms with Gasteiger partial charge in [0.25, 0.3) is 5.91 Å². The molecule has 1 saturated heterocycles. The molecule has 1 fully saturated rings. The van der Waals surface area contributed by atoms with E-state index in [1.807, 2.05) is 6.92 Å². The third-order valence-corrected chi connectivity index (χ3v) is 4.16. The van der Waals surface area contributed by atoms with E-state index in [0.717, 1.165) is 6.42 Å². The van der Waals surface area contributed by atoms with Gasteiger partial charge in [0.2, 0.25) is 0 Å². The minimum absolute atomic E-state index is 0.0271. The van der Waals surface area contributed by atoms with E-state index < -0.39 is 0 Å². The average Bonchev–Trinajstić information content (AvgIpc) is 2.86. The molecule has 1 aliphatic rings. The van der Waals surface area contributed by atoms with Crippen LogP contribution in [0.4, 0.5) is 0 Å². The van der Waals surface area contributed by atoms with Gasteiger partial charge in [0.05, 0.1) is 17.7 Å². The minimum Gasteiger partial charge on any atom is -0.394 e. The van der Waals surface area contributed by atoms with Gasteiger partial charge in [0, 0.05) is 17.7 Å². The highest BCUT2D eigenvalue weighted by Crippen LogP contribution is 2.26. The molecule has 0 aromatic heterocycles. The van der Waals surface area contributed by atoms with Crippen LogP contribution in [0.1, 0.15) is 29.3 Å². The fourth-order valence-electron chi connectivity index (χ4n) is 2.59. The number of amides is 1. The van der Waals surface area contributed by atoms with E-state index in [1.54, 1.807) is 23.1 Å². The van der Waals surface area contributed by atoms with Crippen molar-refractivity contribution in [1.29, 1.82) is 0 Å². The molecule has 112 valence electrons. The van der Waals surface area contributed by atoms with E-state index in [-0.39, 0.29) is 25.2 Å². The lowest BCUT2D eigenvalue weighted by molar-refractivity contribution is 0.0648. The monoisotopic (exact) mass is 307 g/mol. The Bertz CT molecular complexity index is 591. The molecule has 0 aliphatic carbocycles. The second kappa shape index (κ2) is 6.95. The van der Waals surface area contributed by atoms with Crippen molar-refractivity contribution in [3.8, 4) is 11.8 Å². The lowest BCUT2D eigenvalue weighted by Crippen LogP contribution is -2.39. The number of carbonyl (C=O) groups excluding carboxylic acids is 1. The molecule has 1 aliphatic heterocycles. The van der Waals surface area contributed by atoms with Gasteiger partial charge >= 0.3 is 0 Å². The van der Waals surface area contributed by atoms with Crippen LogP contribution in [0.25, 0.3) is 0 Å². The Labute approximate surface area is 129 Å². The first kappa shape index (κ1) is 15.8. The summed E-state index contributed by atoms with van der Waals surface area (Å²) in [6, 6.07) is 4.80. The maximum atomic E-state index is 12.5. The van der Waals surface area contributed by atoms with E-state index in [2.05, 4.69) is 11.8 Å². The normalized spacial score (nSPS) is 21.0. The molecule has 1 aromatic rings. The Morgan fingerprint density at radius 1 is 1.48 bits per heavy atom. The Morgan fingerprint density at radius 2 is 2.24 bits per heavy atom. The number of aliphatic hydroxyl groups is 2. The third kappa shape index (κ3) is 3.38. The van der Waals surface area contributed by atoms with E-state index in [1.165, 1.54) is 0 Å². The molecule has 0 spiro atoms. The maximum absolute atomic E-state index is 12.5. The number of carbonyl (C=O) groups is 1. The molecule has 2 rings (SSSR count). The van der Waals surface area contributed by atoms with Crippen LogP contribution in [0.3, 0.4) is 0 Å². The second-order valence-corrected chi connectivity index (χ2v) is 5.58. The number of hydrogen-bond donors (Lipinski definition) is 2. The maximum Gasteiger partial charge on any atom is 0.254 e. The Balaban J connectivity index is 2.22. The van der Waals surface area contributed by atoms with Gasteiger partial charge < -0.3 is 15.1 Å². The largest absolute Gasteiger partial charge is 0.394 e. The lowest BCUT2D eigenvalue weighted by atomic mass is 10.0. The highest BCUT2D eigenvalue weighted by Gasteiger charge is 2.34. The summed E-state index contributed by atoms with van der Waals surface area (Å²) in [6.45, 7) is 2.42. The van der Waals surface area contributed by atoms with Crippen molar-refractivity contribution in [2.45, 2.75) is 19.4 Å². The summed E-state index contributed by atoms with van der Waals surface area (Å²) in [7, 11) is 0. The Kier molecular flexibility index (Phi) is 5.24. The first-order valence-corrected chi connectivity index (χ1v) is 7.27. The molecule has 1 amide bonds. The molecule has 0 radical (unpaired) electrons. The van der Waals surface area contributed by atoms with Crippen LogP contribution in [0, 0.1) is 17.8 Å². The van der Waals surface area contributed by atoms with E-state index in [9.17, 15) is 9.90 Å². The van der Waals surface area contributed by atoms with Crippen molar-refractivity contribution in [1.82, 2.24) is 4.90 Å². The highest BCUT2D eigenvalue weighted by molar-refractivity contribution is 6.32. The zero-order valence-electron chi connectivity index (χ0n) is 11.8. The number of halogens is 1. The molecule has 2 unspecified atom stereocenters. The molecule has 4 nitrogen and oxygen atoms in total. The van der Waals surface area contributed by atoms with Crippen molar-refractivity contribution < 1.29 is 15.0 Å². The first-order chi connectivity index (χ1) is 10.1. The summed E-state index contributed by atoms with van der Waals surface area (Å²) in [5.74, 6) is 5.42. The van der Waals surface area contributed by atoms with E-state index in [0.29, 0.717) is 28.6 Å². The molecule has 0 bridgehead atoms. The molecular formula is C16H18ClNO3. The standard InChI is InChI=1S/C16H18ClNO3/c1-11-6-7-18(15(11)10-20)16(21)13-5-4-12(3-2-8-19)14(17)9-13/h4-5,9,11,15,19-20H,6-8,10H2,1H3. The van der Waals surface area contributed by atoms with Gasteiger partial charge in [0.15, 0.2) is 0 Å². The molecule has 2 N–H and O–H groups in total. The van der Waals surface area contributed by atoms with Crippen LogP contribution in [-0.4, -0.2) is 46.8 Å². The zero-order chi connectivity index (χ0) is 15.4. The second-order valence-electron chi connectivity index (χ2n) is 5.17. The summed E-state index contributed by atoms with van der Waals surface area (Å²) >= 11 is 6.11. The molecular weight excluding hydrogens is 290 g/mol. The van der Waals surface area contributed by atoms with Crippen LogP contribution in [-0.2, 0) is 0 Å². The van der Waals surface area contributed by atoms with Crippen LogP contribution in [0.5, 0.6) is 0 Å². The molecule has 1 aromatic carbocycles. The molecule has 5 heteroatoms. The summed E-state index contributed by atoms with van der Waals surface area (Å²) in [4.78, 5) is 14.2.